The van der Waals surface area contributed by atoms with E-state index < -0.39 is 5.95 Å². The molecule has 0 saturated heterocycles. The van der Waals surface area contributed by atoms with Crippen LogP contribution in [0, 0.1) is 5.95 Å². The van der Waals surface area contributed by atoms with Gasteiger partial charge in [0.1, 0.15) is 0 Å². The molecule has 17 heavy (non-hydrogen) atoms. The van der Waals surface area contributed by atoms with Gasteiger partial charge in [0.05, 0.1) is 6.20 Å². The maximum absolute atomic E-state index is 13.7. The zero-order chi connectivity index (χ0) is 12.7. The molecule has 0 spiro atoms. The Morgan fingerprint density at radius 3 is 2.59 bits per heavy atom. The van der Waals surface area contributed by atoms with Gasteiger partial charge in [-0.2, -0.15) is 9.49 Å². The third-order valence-electron chi connectivity index (χ3n) is 3.69. The molecule has 3 heteroatoms. The predicted octanol–water partition coefficient (Wildman–Crippen LogP) is 4.25. The Bertz CT molecular complexity index is 341. The van der Waals surface area contributed by atoms with Gasteiger partial charge in [-0.05, 0) is 24.3 Å². The minimum Gasteiger partial charge on any atom is -0.183 e. The summed E-state index contributed by atoms with van der Waals surface area (Å²) in [4.78, 5) is 0. The third kappa shape index (κ3) is 3.76. The van der Waals surface area contributed by atoms with Crippen molar-refractivity contribution in [2.45, 2.75) is 64.7 Å². The molecule has 1 rings (SSSR count). The van der Waals surface area contributed by atoms with E-state index in [4.69, 9.17) is 0 Å². The Hall–Kier alpha value is -0.990. The first-order chi connectivity index (χ1) is 8.14. The van der Waals surface area contributed by atoms with Gasteiger partial charge in [-0.1, -0.05) is 46.5 Å². The summed E-state index contributed by atoms with van der Waals surface area (Å²) < 4.78 is 13.7. The second-order valence-corrected chi connectivity index (χ2v) is 4.96. The maximum Gasteiger partial charge on any atom is 0.237 e. The fourth-order valence-electron chi connectivity index (χ4n) is 2.21. The van der Waals surface area contributed by atoms with Gasteiger partial charge in [-0.3, -0.25) is 0 Å². The summed E-state index contributed by atoms with van der Waals surface area (Å²) in [5, 5.41) is 7.10. The average molecular weight is 238 g/mol. The molecule has 0 N–H and O–H groups in total. The van der Waals surface area contributed by atoms with Crippen LogP contribution in [0.2, 0.25) is 0 Å². The number of aromatic nitrogens is 2. The molecule has 0 fully saturated rings. The number of unbranched alkanes of at least 4 members (excludes halogenated alkanes) is 3. The van der Waals surface area contributed by atoms with Crippen molar-refractivity contribution in [3.05, 3.63) is 23.8 Å². The number of nitrogens with zero attached hydrogens (tertiary/aromatic N) is 2. The van der Waals surface area contributed by atoms with Crippen LogP contribution >= 0.6 is 0 Å². The lowest BCUT2D eigenvalue weighted by Gasteiger charge is -2.28. The molecule has 1 unspecified atom stereocenters. The molecule has 0 aromatic carbocycles. The summed E-state index contributed by atoms with van der Waals surface area (Å²) >= 11 is 0. The highest BCUT2D eigenvalue weighted by atomic mass is 19.1. The molecule has 0 aliphatic carbocycles. The minimum absolute atomic E-state index is 0.103. The van der Waals surface area contributed by atoms with Crippen LogP contribution in [-0.4, -0.2) is 10.2 Å². The number of hydrogen-bond acceptors (Lipinski definition) is 2. The molecule has 0 radical (unpaired) electrons. The SMILES string of the molecule is CCCCCCC(C)(CC)c1ccnnc1F. The smallest absolute Gasteiger partial charge is 0.183 e. The number of halogens is 1. The average Bonchev–Trinajstić information content (AvgIpc) is 2.35. The van der Waals surface area contributed by atoms with Crippen LogP contribution in [0.15, 0.2) is 12.3 Å². The first-order valence-electron chi connectivity index (χ1n) is 6.61. The lowest BCUT2D eigenvalue weighted by molar-refractivity contribution is 0.371. The van der Waals surface area contributed by atoms with E-state index in [2.05, 4.69) is 31.0 Å². The molecule has 0 aliphatic heterocycles. The van der Waals surface area contributed by atoms with Gasteiger partial charge in [-0.25, -0.2) is 0 Å². The van der Waals surface area contributed by atoms with E-state index >= 15 is 0 Å². The molecule has 96 valence electrons. The van der Waals surface area contributed by atoms with E-state index in [9.17, 15) is 4.39 Å². The van der Waals surface area contributed by atoms with Gasteiger partial charge >= 0.3 is 0 Å². The Kier molecular flexibility index (Phi) is 5.52. The van der Waals surface area contributed by atoms with E-state index in [0.29, 0.717) is 5.56 Å². The zero-order valence-electron chi connectivity index (χ0n) is 11.2. The van der Waals surface area contributed by atoms with Crippen LogP contribution in [-0.2, 0) is 5.41 Å². The second-order valence-electron chi connectivity index (χ2n) is 4.96. The van der Waals surface area contributed by atoms with Crippen LogP contribution in [0.3, 0.4) is 0 Å². The van der Waals surface area contributed by atoms with E-state index in [-0.39, 0.29) is 5.41 Å². The highest BCUT2D eigenvalue weighted by molar-refractivity contribution is 5.20. The van der Waals surface area contributed by atoms with Crippen molar-refractivity contribution in [1.82, 2.24) is 10.2 Å². The summed E-state index contributed by atoms with van der Waals surface area (Å²) in [5.74, 6) is -0.410. The highest BCUT2D eigenvalue weighted by Crippen LogP contribution is 2.33. The third-order valence-corrected chi connectivity index (χ3v) is 3.69. The predicted molar refractivity (Wildman–Crippen MR) is 68.4 cm³/mol. The molecular weight excluding hydrogens is 215 g/mol. The molecule has 0 saturated carbocycles. The van der Waals surface area contributed by atoms with Gasteiger partial charge in [0.2, 0.25) is 5.95 Å². The van der Waals surface area contributed by atoms with Crippen molar-refractivity contribution in [2.75, 3.05) is 0 Å². The molecule has 2 nitrogen and oxygen atoms in total. The lowest BCUT2D eigenvalue weighted by Crippen LogP contribution is -2.23. The fourth-order valence-corrected chi connectivity index (χ4v) is 2.21. The Balaban J connectivity index is 2.71. The number of rotatable bonds is 7. The number of hydrogen-bond donors (Lipinski definition) is 0. The standard InChI is InChI=1S/C14H23FN2/c1-4-6-7-8-10-14(3,5-2)12-9-11-16-17-13(12)15/h9,11H,4-8,10H2,1-3H3. The summed E-state index contributed by atoms with van der Waals surface area (Å²) in [6, 6.07) is 1.77. The molecule has 1 atom stereocenters. The molecule has 0 bridgehead atoms. The minimum atomic E-state index is -0.410. The summed E-state index contributed by atoms with van der Waals surface area (Å²) in [7, 11) is 0. The van der Waals surface area contributed by atoms with Gasteiger partial charge < -0.3 is 0 Å². The van der Waals surface area contributed by atoms with Gasteiger partial charge in [0, 0.05) is 5.56 Å². The van der Waals surface area contributed by atoms with Gasteiger partial charge in [0.25, 0.3) is 0 Å². The van der Waals surface area contributed by atoms with Crippen molar-refractivity contribution < 1.29 is 4.39 Å². The van der Waals surface area contributed by atoms with Crippen LogP contribution < -0.4 is 0 Å². The fraction of sp³-hybridized carbons (Fsp3) is 0.714. The van der Waals surface area contributed by atoms with Crippen molar-refractivity contribution in [3.8, 4) is 0 Å². The second kappa shape index (κ2) is 6.67. The van der Waals surface area contributed by atoms with Gasteiger partial charge in [-0.15, -0.1) is 5.10 Å². The van der Waals surface area contributed by atoms with Crippen LogP contribution in [0.4, 0.5) is 4.39 Å². The molecule has 0 amide bonds. The first kappa shape index (κ1) is 14.1. The quantitative estimate of drug-likeness (QED) is 0.663. The van der Waals surface area contributed by atoms with Crippen LogP contribution in [0.1, 0.15) is 64.9 Å². The van der Waals surface area contributed by atoms with Crippen molar-refractivity contribution >= 4 is 0 Å². The van der Waals surface area contributed by atoms with E-state index in [1.165, 1.54) is 19.3 Å². The van der Waals surface area contributed by atoms with E-state index in [0.717, 1.165) is 19.3 Å². The zero-order valence-corrected chi connectivity index (χ0v) is 11.2. The largest absolute Gasteiger partial charge is 0.237 e. The Labute approximate surface area is 104 Å². The summed E-state index contributed by atoms with van der Waals surface area (Å²) in [5.41, 5.74) is 0.611. The van der Waals surface area contributed by atoms with E-state index in [1.807, 2.05) is 0 Å². The molecule has 1 aromatic heterocycles. The van der Waals surface area contributed by atoms with E-state index in [1.54, 1.807) is 12.3 Å². The Morgan fingerprint density at radius 2 is 2.00 bits per heavy atom. The van der Waals surface area contributed by atoms with Crippen molar-refractivity contribution in [3.63, 3.8) is 0 Å². The summed E-state index contributed by atoms with van der Waals surface area (Å²) in [6.45, 7) is 6.43. The highest BCUT2D eigenvalue weighted by Gasteiger charge is 2.27. The molecule has 0 aliphatic rings. The Morgan fingerprint density at radius 1 is 1.24 bits per heavy atom. The monoisotopic (exact) mass is 238 g/mol. The van der Waals surface area contributed by atoms with Crippen molar-refractivity contribution in [2.24, 2.45) is 0 Å². The maximum atomic E-state index is 13.7. The normalized spacial score (nSPS) is 14.6. The van der Waals surface area contributed by atoms with Crippen molar-refractivity contribution in [1.29, 1.82) is 0 Å². The molecular formula is C14H23FN2. The van der Waals surface area contributed by atoms with Gasteiger partial charge in [0.15, 0.2) is 0 Å². The first-order valence-corrected chi connectivity index (χ1v) is 6.61. The van der Waals surface area contributed by atoms with Crippen LogP contribution in [0.5, 0.6) is 0 Å². The summed E-state index contributed by atoms with van der Waals surface area (Å²) in [6.07, 6.45) is 8.41. The lowest BCUT2D eigenvalue weighted by atomic mass is 9.76. The molecule has 1 aromatic rings. The van der Waals surface area contributed by atoms with Crippen LogP contribution in [0.25, 0.3) is 0 Å². The topological polar surface area (TPSA) is 25.8 Å². The molecule has 1 heterocycles.